The molecule has 4 nitrogen and oxygen atoms in total. The summed E-state index contributed by atoms with van der Waals surface area (Å²) in [4.78, 5) is 12.2. The normalized spacial score (nSPS) is 23.0. The molecule has 2 aliphatic rings. The largest absolute Gasteiger partial charge is 0.313 e. The van der Waals surface area contributed by atoms with Crippen molar-refractivity contribution in [3.63, 3.8) is 0 Å². The zero-order valence-electron chi connectivity index (χ0n) is 13.5. The van der Waals surface area contributed by atoms with E-state index in [0.29, 0.717) is 23.9 Å². The Morgan fingerprint density at radius 2 is 2.09 bits per heavy atom. The molecule has 1 aromatic heterocycles. The molecule has 1 N–H and O–H groups in total. The second kappa shape index (κ2) is 5.93. The predicted octanol–water partition coefficient (Wildman–Crippen LogP) is 2.70. The average molecular weight is 309 g/mol. The number of carbonyl (C=O) groups excluding carboxylic acids is 1. The van der Waals surface area contributed by atoms with Gasteiger partial charge in [0.25, 0.3) is 0 Å². The maximum atomic E-state index is 12.2. The smallest absolute Gasteiger partial charge is 0.170 e. The Balaban J connectivity index is 1.32. The van der Waals surface area contributed by atoms with Crippen molar-refractivity contribution in [2.24, 2.45) is 13.0 Å². The van der Waals surface area contributed by atoms with Gasteiger partial charge >= 0.3 is 0 Å². The molecule has 0 amide bonds. The molecule has 2 atom stereocenters. The van der Waals surface area contributed by atoms with E-state index in [1.165, 1.54) is 31.4 Å². The van der Waals surface area contributed by atoms with Crippen molar-refractivity contribution in [2.75, 3.05) is 6.54 Å². The molecule has 2 unspecified atom stereocenters. The summed E-state index contributed by atoms with van der Waals surface area (Å²) in [5.41, 5.74) is 3.16. The lowest BCUT2D eigenvalue weighted by atomic mass is 10.0. The topological polar surface area (TPSA) is 46.9 Å². The van der Waals surface area contributed by atoms with E-state index in [9.17, 15) is 4.79 Å². The molecular weight excluding hydrogens is 286 g/mol. The molecule has 0 spiro atoms. The van der Waals surface area contributed by atoms with Gasteiger partial charge in [-0.25, -0.2) is 0 Å². The highest BCUT2D eigenvalue weighted by molar-refractivity contribution is 5.97. The van der Waals surface area contributed by atoms with Gasteiger partial charge in [0.05, 0.1) is 11.8 Å². The van der Waals surface area contributed by atoms with Gasteiger partial charge in [-0.2, -0.15) is 5.10 Å². The number of hydrogen-bond donors (Lipinski definition) is 1. The van der Waals surface area contributed by atoms with Gasteiger partial charge in [0.2, 0.25) is 0 Å². The first-order valence-corrected chi connectivity index (χ1v) is 8.53. The number of Topliss-reactive ketones (excluding diaryl/α,β-unsaturated/α-hetero) is 1. The van der Waals surface area contributed by atoms with Gasteiger partial charge in [-0.15, -0.1) is 0 Å². The molecule has 0 aliphatic heterocycles. The fourth-order valence-electron chi connectivity index (χ4n) is 3.16. The summed E-state index contributed by atoms with van der Waals surface area (Å²) in [6, 6.07) is 9.24. The van der Waals surface area contributed by atoms with Gasteiger partial charge in [0, 0.05) is 31.6 Å². The number of ketones is 1. The van der Waals surface area contributed by atoms with Crippen LogP contribution in [0.4, 0.5) is 0 Å². The quantitative estimate of drug-likeness (QED) is 0.800. The standard InChI is InChI=1S/C19H23N3O/c1-22-12-16(11-21-22)19(23)8-13-4-6-15(7-5-13)17-9-18(17)20-10-14-2-3-14/h4-7,11-12,14,17-18,20H,2-3,8-10H2,1H3. The zero-order valence-corrected chi connectivity index (χ0v) is 13.5. The minimum absolute atomic E-state index is 0.126. The van der Waals surface area contributed by atoms with Crippen molar-refractivity contribution in [3.05, 3.63) is 53.3 Å². The van der Waals surface area contributed by atoms with Crippen molar-refractivity contribution in [1.82, 2.24) is 15.1 Å². The van der Waals surface area contributed by atoms with Crippen molar-refractivity contribution in [3.8, 4) is 0 Å². The predicted molar refractivity (Wildman–Crippen MR) is 89.6 cm³/mol. The molecule has 120 valence electrons. The van der Waals surface area contributed by atoms with E-state index in [2.05, 4.69) is 34.7 Å². The third-order valence-electron chi connectivity index (χ3n) is 4.96. The SMILES string of the molecule is Cn1cc(C(=O)Cc2ccc(C3CC3NCC3CC3)cc2)cn1. The van der Waals surface area contributed by atoms with Crippen molar-refractivity contribution >= 4 is 5.78 Å². The Morgan fingerprint density at radius 3 is 2.74 bits per heavy atom. The average Bonchev–Trinajstić information content (AvgIpc) is 3.45. The number of nitrogens with zero attached hydrogens (tertiary/aromatic N) is 2. The first kappa shape index (κ1) is 14.6. The van der Waals surface area contributed by atoms with Crippen LogP contribution in [0.5, 0.6) is 0 Å². The van der Waals surface area contributed by atoms with Gasteiger partial charge in [-0.3, -0.25) is 9.48 Å². The molecule has 2 aliphatic carbocycles. The fourth-order valence-corrected chi connectivity index (χ4v) is 3.16. The van der Waals surface area contributed by atoms with Crippen LogP contribution in [0.2, 0.25) is 0 Å². The molecule has 2 saturated carbocycles. The molecule has 2 aromatic rings. The van der Waals surface area contributed by atoms with E-state index in [0.717, 1.165) is 11.5 Å². The lowest BCUT2D eigenvalue weighted by Crippen LogP contribution is -2.20. The second-order valence-corrected chi connectivity index (χ2v) is 7.04. The molecule has 23 heavy (non-hydrogen) atoms. The van der Waals surface area contributed by atoms with E-state index < -0.39 is 0 Å². The van der Waals surface area contributed by atoms with Crippen LogP contribution in [0.3, 0.4) is 0 Å². The number of nitrogens with one attached hydrogen (secondary N) is 1. The van der Waals surface area contributed by atoms with Crippen molar-refractivity contribution in [2.45, 2.75) is 37.6 Å². The highest BCUT2D eigenvalue weighted by atomic mass is 16.1. The van der Waals surface area contributed by atoms with Gasteiger partial charge in [0.15, 0.2) is 5.78 Å². The number of hydrogen-bond acceptors (Lipinski definition) is 3. The van der Waals surface area contributed by atoms with Crippen LogP contribution in [0.1, 0.15) is 46.7 Å². The van der Waals surface area contributed by atoms with E-state index in [1.807, 2.05) is 7.05 Å². The summed E-state index contributed by atoms with van der Waals surface area (Å²) in [6.07, 6.45) is 7.92. The molecular formula is C19H23N3O. The van der Waals surface area contributed by atoms with Crippen molar-refractivity contribution < 1.29 is 4.79 Å². The first-order chi connectivity index (χ1) is 11.2. The Labute approximate surface area is 136 Å². The highest BCUT2D eigenvalue weighted by Crippen LogP contribution is 2.41. The minimum atomic E-state index is 0.126. The summed E-state index contributed by atoms with van der Waals surface area (Å²) in [5, 5.41) is 7.73. The van der Waals surface area contributed by atoms with Gasteiger partial charge in [-0.1, -0.05) is 24.3 Å². The molecule has 4 heteroatoms. The minimum Gasteiger partial charge on any atom is -0.313 e. The Bertz CT molecular complexity index is 700. The van der Waals surface area contributed by atoms with Gasteiger partial charge in [-0.05, 0) is 42.9 Å². The fraction of sp³-hybridized carbons (Fsp3) is 0.474. The maximum Gasteiger partial charge on any atom is 0.170 e. The molecule has 4 rings (SSSR count). The van der Waals surface area contributed by atoms with Gasteiger partial charge in [0.1, 0.15) is 0 Å². The molecule has 2 fully saturated rings. The molecule has 1 heterocycles. The third kappa shape index (κ3) is 3.53. The van der Waals surface area contributed by atoms with Crippen LogP contribution in [0, 0.1) is 5.92 Å². The summed E-state index contributed by atoms with van der Waals surface area (Å²) in [5.74, 6) is 1.73. The Kier molecular flexibility index (Phi) is 3.77. The molecule has 0 radical (unpaired) electrons. The monoisotopic (exact) mass is 309 g/mol. The lowest BCUT2D eigenvalue weighted by Gasteiger charge is -2.05. The maximum absolute atomic E-state index is 12.2. The summed E-state index contributed by atoms with van der Waals surface area (Å²) in [6.45, 7) is 1.19. The number of rotatable bonds is 7. The number of aromatic nitrogens is 2. The summed E-state index contributed by atoms with van der Waals surface area (Å²) < 4.78 is 1.66. The van der Waals surface area contributed by atoms with Gasteiger partial charge < -0.3 is 5.32 Å². The Morgan fingerprint density at radius 1 is 1.30 bits per heavy atom. The number of carbonyl (C=O) groups is 1. The number of aryl methyl sites for hydroxylation is 1. The van der Waals surface area contributed by atoms with Crippen molar-refractivity contribution in [1.29, 1.82) is 0 Å². The lowest BCUT2D eigenvalue weighted by molar-refractivity contribution is 0.0993. The number of benzene rings is 1. The Hall–Kier alpha value is -1.94. The zero-order chi connectivity index (χ0) is 15.8. The molecule has 0 saturated heterocycles. The van der Waals surface area contributed by atoms with Crippen LogP contribution < -0.4 is 5.32 Å². The molecule has 0 bridgehead atoms. The van der Waals surface area contributed by atoms with E-state index in [1.54, 1.807) is 17.1 Å². The van der Waals surface area contributed by atoms with E-state index in [4.69, 9.17) is 0 Å². The van der Waals surface area contributed by atoms with E-state index >= 15 is 0 Å². The summed E-state index contributed by atoms with van der Waals surface area (Å²) >= 11 is 0. The third-order valence-corrected chi connectivity index (χ3v) is 4.96. The second-order valence-electron chi connectivity index (χ2n) is 7.04. The molecule has 1 aromatic carbocycles. The van der Waals surface area contributed by atoms with Crippen LogP contribution in [0.15, 0.2) is 36.7 Å². The van der Waals surface area contributed by atoms with Crippen LogP contribution in [-0.2, 0) is 13.5 Å². The van der Waals surface area contributed by atoms with Crippen LogP contribution in [0.25, 0.3) is 0 Å². The highest BCUT2D eigenvalue weighted by Gasteiger charge is 2.38. The van der Waals surface area contributed by atoms with Crippen LogP contribution >= 0.6 is 0 Å². The summed E-state index contributed by atoms with van der Waals surface area (Å²) in [7, 11) is 1.83. The first-order valence-electron chi connectivity index (χ1n) is 8.53. The van der Waals surface area contributed by atoms with E-state index in [-0.39, 0.29) is 5.78 Å². The van der Waals surface area contributed by atoms with Crippen LogP contribution in [-0.4, -0.2) is 28.2 Å².